The molecule has 1 atom stereocenters. The molecule has 2 aromatic rings. The van der Waals surface area contributed by atoms with E-state index in [1.807, 2.05) is 4.57 Å². The third-order valence-electron chi connectivity index (χ3n) is 3.89. The fourth-order valence-corrected chi connectivity index (χ4v) is 2.75. The second-order valence-corrected chi connectivity index (χ2v) is 6.44. The summed E-state index contributed by atoms with van der Waals surface area (Å²) in [6.45, 7) is 6.22. The zero-order chi connectivity index (χ0) is 16.4. The highest BCUT2D eigenvalue weighted by Crippen LogP contribution is 2.14. The van der Waals surface area contributed by atoms with Crippen molar-refractivity contribution in [3.8, 4) is 0 Å². The van der Waals surface area contributed by atoms with Gasteiger partial charge < -0.3 is 15.2 Å². The van der Waals surface area contributed by atoms with E-state index >= 15 is 0 Å². The Hall–Kier alpha value is -2.44. The Labute approximate surface area is 134 Å². The maximum absolute atomic E-state index is 12.2. The lowest BCUT2D eigenvalue weighted by Gasteiger charge is -2.09. The van der Waals surface area contributed by atoms with Crippen LogP contribution in [0.25, 0.3) is 11.2 Å². The van der Waals surface area contributed by atoms with E-state index in [2.05, 4.69) is 34.4 Å². The number of aromatic nitrogens is 3. The van der Waals surface area contributed by atoms with Crippen molar-refractivity contribution in [2.45, 2.75) is 26.8 Å². The van der Waals surface area contributed by atoms with Crippen LogP contribution in [0.2, 0.25) is 0 Å². The van der Waals surface area contributed by atoms with Crippen LogP contribution in [0.15, 0.2) is 18.6 Å². The minimum Gasteiger partial charge on any atom is -0.356 e. The van der Waals surface area contributed by atoms with Gasteiger partial charge >= 0.3 is 0 Å². The molecule has 2 amide bonds. The number of imidazole rings is 1. The molecule has 0 saturated carbocycles. The Morgan fingerprint density at radius 1 is 1.48 bits per heavy atom. The van der Waals surface area contributed by atoms with Gasteiger partial charge in [0.1, 0.15) is 5.52 Å². The summed E-state index contributed by atoms with van der Waals surface area (Å²) >= 11 is 0. The van der Waals surface area contributed by atoms with Gasteiger partial charge in [0, 0.05) is 38.2 Å². The summed E-state index contributed by atoms with van der Waals surface area (Å²) in [5.41, 5.74) is 2.00. The van der Waals surface area contributed by atoms with Gasteiger partial charge in [0.05, 0.1) is 11.9 Å². The topological polar surface area (TPSA) is 88.9 Å². The molecule has 7 heteroatoms. The number of hydrogen-bond donors (Lipinski definition) is 2. The number of rotatable bonds is 5. The molecular weight excluding hydrogens is 294 g/mol. The highest BCUT2D eigenvalue weighted by molar-refractivity contribution is 5.96. The maximum Gasteiger partial charge on any atom is 0.252 e. The minimum absolute atomic E-state index is 0.0445. The fraction of sp³-hybridized carbons (Fsp3) is 0.500. The van der Waals surface area contributed by atoms with Crippen molar-refractivity contribution in [1.82, 2.24) is 25.2 Å². The van der Waals surface area contributed by atoms with E-state index in [1.165, 1.54) is 0 Å². The zero-order valence-corrected chi connectivity index (χ0v) is 13.4. The van der Waals surface area contributed by atoms with Crippen LogP contribution in [-0.2, 0) is 11.3 Å². The largest absolute Gasteiger partial charge is 0.356 e. The first-order chi connectivity index (χ1) is 11.0. The highest BCUT2D eigenvalue weighted by atomic mass is 16.2. The number of fused-ring (bicyclic) bond motifs is 1. The Balaban J connectivity index is 1.67. The van der Waals surface area contributed by atoms with E-state index < -0.39 is 0 Å². The molecule has 122 valence electrons. The van der Waals surface area contributed by atoms with E-state index in [9.17, 15) is 9.59 Å². The van der Waals surface area contributed by atoms with Crippen molar-refractivity contribution in [3.05, 3.63) is 24.2 Å². The number of amides is 2. The number of hydrogen-bond acceptors (Lipinski definition) is 4. The number of pyridine rings is 1. The summed E-state index contributed by atoms with van der Waals surface area (Å²) in [6.07, 6.45) is 3.81. The predicted molar refractivity (Wildman–Crippen MR) is 85.8 cm³/mol. The molecule has 1 unspecified atom stereocenters. The smallest absolute Gasteiger partial charge is 0.252 e. The van der Waals surface area contributed by atoms with Crippen LogP contribution in [-0.4, -0.2) is 39.4 Å². The summed E-state index contributed by atoms with van der Waals surface area (Å²) in [6, 6.07) is 1.76. The SMILES string of the molecule is CC(C)Cn1cnc2cc(C(=O)NCC3CNC(=O)C3)cnc21. The molecule has 0 radical (unpaired) electrons. The Kier molecular flexibility index (Phi) is 4.27. The fourth-order valence-electron chi connectivity index (χ4n) is 2.75. The molecule has 2 aromatic heterocycles. The van der Waals surface area contributed by atoms with E-state index in [-0.39, 0.29) is 17.7 Å². The molecule has 0 bridgehead atoms. The van der Waals surface area contributed by atoms with Gasteiger partial charge in [-0.05, 0) is 12.0 Å². The van der Waals surface area contributed by atoms with Crippen molar-refractivity contribution < 1.29 is 9.59 Å². The monoisotopic (exact) mass is 315 g/mol. The van der Waals surface area contributed by atoms with Crippen molar-refractivity contribution in [2.75, 3.05) is 13.1 Å². The van der Waals surface area contributed by atoms with Crippen LogP contribution < -0.4 is 10.6 Å². The first-order valence-corrected chi connectivity index (χ1v) is 7.88. The maximum atomic E-state index is 12.2. The van der Waals surface area contributed by atoms with Gasteiger partial charge in [-0.2, -0.15) is 0 Å². The number of carbonyl (C=O) groups excluding carboxylic acids is 2. The Morgan fingerprint density at radius 2 is 2.30 bits per heavy atom. The van der Waals surface area contributed by atoms with Gasteiger partial charge in [0.25, 0.3) is 5.91 Å². The van der Waals surface area contributed by atoms with Crippen molar-refractivity contribution in [1.29, 1.82) is 0 Å². The van der Waals surface area contributed by atoms with E-state index in [4.69, 9.17) is 0 Å². The normalized spacial score (nSPS) is 17.7. The van der Waals surface area contributed by atoms with Gasteiger partial charge in [-0.3, -0.25) is 9.59 Å². The second-order valence-electron chi connectivity index (χ2n) is 6.44. The summed E-state index contributed by atoms with van der Waals surface area (Å²) in [5, 5.41) is 5.62. The number of carbonyl (C=O) groups is 2. The Bertz CT molecular complexity index is 737. The van der Waals surface area contributed by atoms with Gasteiger partial charge in [0.15, 0.2) is 5.65 Å². The molecule has 2 N–H and O–H groups in total. The molecule has 3 heterocycles. The van der Waals surface area contributed by atoms with E-state index in [1.54, 1.807) is 18.6 Å². The minimum atomic E-state index is -0.183. The van der Waals surface area contributed by atoms with Crippen LogP contribution in [0.3, 0.4) is 0 Å². The molecule has 0 spiro atoms. The molecular formula is C16H21N5O2. The summed E-state index contributed by atoms with van der Waals surface area (Å²) in [4.78, 5) is 32.1. The second kappa shape index (κ2) is 6.36. The first-order valence-electron chi connectivity index (χ1n) is 7.88. The van der Waals surface area contributed by atoms with Crippen molar-refractivity contribution >= 4 is 23.0 Å². The van der Waals surface area contributed by atoms with Crippen LogP contribution in [0.1, 0.15) is 30.6 Å². The molecule has 0 aliphatic carbocycles. The van der Waals surface area contributed by atoms with E-state index in [0.29, 0.717) is 31.0 Å². The van der Waals surface area contributed by atoms with Crippen molar-refractivity contribution in [3.63, 3.8) is 0 Å². The summed E-state index contributed by atoms with van der Waals surface area (Å²) < 4.78 is 2.00. The molecule has 23 heavy (non-hydrogen) atoms. The first kappa shape index (κ1) is 15.5. The number of nitrogens with zero attached hydrogens (tertiary/aromatic N) is 3. The molecule has 0 aromatic carbocycles. The van der Waals surface area contributed by atoms with Gasteiger partial charge in [-0.25, -0.2) is 9.97 Å². The molecule has 3 rings (SSSR count). The zero-order valence-electron chi connectivity index (χ0n) is 13.4. The van der Waals surface area contributed by atoms with Gasteiger partial charge in [-0.1, -0.05) is 13.8 Å². The van der Waals surface area contributed by atoms with Crippen LogP contribution >= 0.6 is 0 Å². The van der Waals surface area contributed by atoms with E-state index in [0.717, 1.165) is 17.7 Å². The quantitative estimate of drug-likeness (QED) is 0.860. The highest BCUT2D eigenvalue weighted by Gasteiger charge is 2.22. The molecule has 7 nitrogen and oxygen atoms in total. The average Bonchev–Trinajstić information content (AvgIpc) is 3.10. The third kappa shape index (κ3) is 3.49. The van der Waals surface area contributed by atoms with Crippen LogP contribution in [0, 0.1) is 11.8 Å². The lowest BCUT2D eigenvalue weighted by atomic mass is 10.1. The van der Waals surface area contributed by atoms with Crippen LogP contribution in [0.5, 0.6) is 0 Å². The molecule has 1 aliphatic heterocycles. The van der Waals surface area contributed by atoms with Crippen LogP contribution in [0.4, 0.5) is 0 Å². The third-order valence-corrected chi connectivity index (χ3v) is 3.89. The lowest BCUT2D eigenvalue weighted by Crippen LogP contribution is -2.30. The lowest BCUT2D eigenvalue weighted by molar-refractivity contribution is -0.119. The summed E-state index contributed by atoms with van der Waals surface area (Å²) in [7, 11) is 0. The molecule has 1 aliphatic rings. The van der Waals surface area contributed by atoms with Crippen molar-refractivity contribution in [2.24, 2.45) is 11.8 Å². The van der Waals surface area contributed by atoms with Gasteiger partial charge in [0.2, 0.25) is 5.91 Å². The molecule has 1 fully saturated rings. The molecule has 1 saturated heterocycles. The Morgan fingerprint density at radius 3 is 3.00 bits per heavy atom. The number of nitrogens with one attached hydrogen (secondary N) is 2. The predicted octanol–water partition coefficient (Wildman–Crippen LogP) is 0.953. The summed E-state index contributed by atoms with van der Waals surface area (Å²) in [5.74, 6) is 0.522. The average molecular weight is 315 g/mol. The van der Waals surface area contributed by atoms with Gasteiger partial charge in [-0.15, -0.1) is 0 Å². The standard InChI is InChI=1S/C16H21N5O2/c1-10(2)8-21-9-20-13-4-12(7-18-15(13)21)16(23)19-6-11-3-14(22)17-5-11/h4,7,9-11H,3,5-6,8H2,1-2H3,(H,17,22)(H,19,23).